The first-order valence-electron chi connectivity index (χ1n) is 13.3. The topological polar surface area (TPSA) is 120 Å². The lowest BCUT2D eigenvalue weighted by Gasteiger charge is -2.61. The maximum atomic E-state index is 13.3. The van der Waals surface area contributed by atoms with Gasteiger partial charge < -0.3 is 29.9 Å². The van der Waals surface area contributed by atoms with Crippen LogP contribution in [0.1, 0.15) is 73.1 Å². The van der Waals surface area contributed by atoms with E-state index in [9.17, 15) is 25.2 Å². The van der Waals surface area contributed by atoms with Crippen molar-refractivity contribution < 1.29 is 34.7 Å². The van der Waals surface area contributed by atoms with E-state index in [4.69, 9.17) is 9.47 Å². The second-order valence-electron chi connectivity index (χ2n) is 13.0. The molecule has 4 fully saturated rings. The predicted octanol–water partition coefficient (Wildman–Crippen LogP) is 2.40. The fourth-order valence-corrected chi connectivity index (χ4v) is 9.59. The Morgan fingerprint density at radius 2 is 1.80 bits per heavy atom. The number of hydrogen-bond donors (Lipinski definition) is 4. The van der Waals surface area contributed by atoms with Gasteiger partial charge in [0.1, 0.15) is 22.9 Å². The number of hydrogen-bond acceptors (Lipinski definition) is 7. The summed E-state index contributed by atoms with van der Waals surface area (Å²) in [5, 5.41) is 45.6. The van der Waals surface area contributed by atoms with Crippen LogP contribution in [-0.4, -0.2) is 67.6 Å². The summed E-state index contributed by atoms with van der Waals surface area (Å²) in [5.74, 6) is 0.360. The highest BCUT2D eigenvalue weighted by atomic mass is 16.6. The van der Waals surface area contributed by atoms with Crippen molar-refractivity contribution >= 4 is 5.78 Å². The van der Waals surface area contributed by atoms with Gasteiger partial charge in [0.15, 0.2) is 12.1 Å². The fraction of sp³-hybridized carbons (Fsp3) is 0.821. The lowest BCUT2D eigenvalue weighted by Crippen LogP contribution is -2.69. The molecule has 2 aliphatic heterocycles. The molecule has 6 aliphatic rings. The van der Waals surface area contributed by atoms with E-state index in [-0.39, 0.29) is 29.6 Å². The van der Waals surface area contributed by atoms with Gasteiger partial charge >= 0.3 is 0 Å². The summed E-state index contributed by atoms with van der Waals surface area (Å²) in [5.41, 5.74) is -3.40. The van der Waals surface area contributed by atoms with Gasteiger partial charge in [0.2, 0.25) is 0 Å². The van der Waals surface area contributed by atoms with Crippen LogP contribution < -0.4 is 0 Å². The van der Waals surface area contributed by atoms with E-state index in [0.717, 1.165) is 30.4 Å². The predicted molar refractivity (Wildman–Crippen MR) is 127 cm³/mol. The summed E-state index contributed by atoms with van der Waals surface area (Å²) in [6.07, 6.45) is 4.16. The number of aliphatic hydroxyl groups is 4. The molecule has 4 N–H and O–H groups in total. The van der Waals surface area contributed by atoms with Crippen LogP contribution in [0.3, 0.4) is 0 Å². The van der Waals surface area contributed by atoms with Crippen LogP contribution in [0.2, 0.25) is 0 Å². The molecule has 0 aromatic carbocycles. The third kappa shape index (κ3) is 2.60. The molecule has 4 aliphatic carbocycles. The standard InChI is InChI=1S/C28H40O7/c1-14-12-21(34-23(31)15(14)2)26(5,32)27(33)11-9-17-16-13-22-28(35-22)20(30)7-6-19(29)25(28,4)18(16)8-10-24(17,27)3/h6-7,16-18,20-23,30-33H,8-13H2,1-5H3. The van der Waals surface area contributed by atoms with Crippen LogP contribution in [0.5, 0.6) is 0 Å². The van der Waals surface area contributed by atoms with Crippen molar-refractivity contribution in [1.29, 1.82) is 0 Å². The van der Waals surface area contributed by atoms with Gasteiger partial charge in [-0.2, -0.15) is 0 Å². The third-order valence-corrected chi connectivity index (χ3v) is 12.1. The van der Waals surface area contributed by atoms with Crippen LogP contribution in [0.15, 0.2) is 23.3 Å². The van der Waals surface area contributed by atoms with Gasteiger partial charge in [-0.1, -0.05) is 12.5 Å². The number of aliphatic hydroxyl groups excluding tert-OH is 2. The van der Waals surface area contributed by atoms with Crippen molar-refractivity contribution in [2.24, 2.45) is 28.6 Å². The second kappa shape index (κ2) is 7.06. The van der Waals surface area contributed by atoms with E-state index in [0.29, 0.717) is 19.3 Å². The lowest BCUT2D eigenvalue weighted by atomic mass is 9.43. The number of epoxide rings is 1. The van der Waals surface area contributed by atoms with Gasteiger partial charge in [-0.15, -0.1) is 0 Å². The molecule has 0 amide bonds. The van der Waals surface area contributed by atoms with Gasteiger partial charge in [0.05, 0.1) is 17.6 Å². The van der Waals surface area contributed by atoms with E-state index >= 15 is 0 Å². The maximum absolute atomic E-state index is 13.3. The summed E-state index contributed by atoms with van der Waals surface area (Å²) < 4.78 is 12.1. The molecule has 7 heteroatoms. The number of allylic oxidation sites excluding steroid dienone is 1. The molecule has 194 valence electrons. The van der Waals surface area contributed by atoms with Crippen LogP contribution >= 0.6 is 0 Å². The molecule has 0 aromatic rings. The normalized spacial score (nSPS) is 56.6. The average molecular weight is 489 g/mol. The summed E-state index contributed by atoms with van der Waals surface area (Å²) in [7, 11) is 0. The first-order valence-corrected chi connectivity index (χ1v) is 13.3. The minimum Gasteiger partial charge on any atom is -0.386 e. The van der Waals surface area contributed by atoms with Gasteiger partial charge in [0.25, 0.3) is 0 Å². The number of fused-ring (bicyclic) bond motifs is 4. The van der Waals surface area contributed by atoms with Crippen molar-refractivity contribution in [3.8, 4) is 0 Å². The minimum atomic E-state index is -1.57. The molecular formula is C28H40O7. The highest BCUT2D eigenvalue weighted by Gasteiger charge is 2.81. The molecule has 0 radical (unpaired) electrons. The molecule has 1 spiro atoms. The SMILES string of the molecule is CC1=C(C)C(O)OC(C(C)(O)C2(O)CCC3C4CC5OC56C(O)C=CC(=O)C6(C)C4CCC32C)C1. The smallest absolute Gasteiger partial charge is 0.177 e. The minimum absolute atomic E-state index is 0.0334. The van der Waals surface area contributed by atoms with Crippen molar-refractivity contribution in [2.75, 3.05) is 0 Å². The van der Waals surface area contributed by atoms with E-state index in [1.54, 1.807) is 13.0 Å². The Labute approximate surface area is 207 Å². The van der Waals surface area contributed by atoms with Crippen molar-refractivity contribution in [1.82, 2.24) is 0 Å². The molecule has 3 saturated carbocycles. The Morgan fingerprint density at radius 3 is 2.49 bits per heavy atom. The summed E-state index contributed by atoms with van der Waals surface area (Å²) in [6.45, 7) is 9.51. The first-order chi connectivity index (χ1) is 16.3. The summed E-state index contributed by atoms with van der Waals surface area (Å²) >= 11 is 0. The van der Waals surface area contributed by atoms with Crippen LogP contribution in [0.4, 0.5) is 0 Å². The maximum Gasteiger partial charge on any atom is 0.177 e. The highest BCUT2D eigenvalue weighted by molar-refractivity contribution is 5.98. The monoisotopic (exact) mass is 488 g/mol. The van der Waals surface area contributed by atoms with Gasteiger partial charge in [-0.3, -0.25) is 4.79 Å². The van der Waals surface area contributed by atoms with E-state index < -0.39 is 46.1 Å². The van der Waals surface area contributed by atoms with Crippen molar-refractivity contribution in [2.45, 2.75) is 115 Å². The van der Waals surface area contributed by atoms with Gasteiger partial charge in [0, 0.05) is 5.41 Å². The van der Waals surface area contributed by atoms with Crippen molar-refractivity contribution in [3.05, 3.63) is 23.3 Å². The fourth-order valence-electron chi connectivity index (χ4n) is 9.59. The number of ketones is 1. The molecule has 6 rings (SSSR count). The van der Waals surface area contributed by atoms with Crippen LogP contribution in [0.25, 0.3) is 0 Å². The Bertz CT molecular complexity index is 1030. The Balaban J connectivity index is 1.34. The summed E-state index contributed by atoms with van der Waals surface area (Å²) in [4.78, 5) is 13.3. The van der Waals surface area contributed by atoms with Gasteiger partial charge in [-0.05, 0) is 102 Å². The molecular weight excluding hydrogens is 448 g/mol. The van der Waals surface area contributed by atoms with Crippen LogP contribution in [-0.2, 0) is 14.3 Å². The largest absolute Gasteiger partial charge is 0.386 e. The number of carbonyl (C=O) groups is 1. The molecule has 0 aromatic heterocycles. The molecule has 12 unspecified atom stereocenters. The first kappa shape index (κ1) is 24.3. The molecule has 12 atom stereocenters. The van der Waals surface area contributed by atoms with E-state index in [2.05, 4.69) is 6.92 Å². The molecule has 1 saturated heterocycles. The zero-order valence-electron chi connectivity index (χ0n) is 21.5. The molecule has 2 heterocycles. The van der Waals surface area contributed by atoms with Crippen molar-refractivity contribution in [3.63, 3.8) is 0 Å². The lowest BCUT2D eigenvalue weighted by molar-refractivity contribution is -0.275. The number of ether oxygens (including phenoxy) is 2. The molecule has 35 heavy (non-hydrogen) atoms. The quantitative estimate of drug-likeness (QED) is 0.348. The van der Waals surface area contributed by atoms with Gasteiger partial charge in [-0.25, -0.2) is 0 Å². The van der Waals surface area contributed by atoms with Crippen LogP contribution in [0, 0.1) is 28.6 Å². The Morgan fingerprint density at radius 1 is 1.11 bits per heavy atom. The average Bonchev–Trinajstić information content (AvgIpc) is 3.47. The Kier molecular flexibility index (Phi) is 4.89. The number of rotatable bonds is 2. The highest BCUT2D eigenvalue weighted by Crippen LogP contribution is 2.74. The molecule has 7 nitrogen and oxygen atoms in total. The summed E-state index contributed by atoms with van der Waals surface area (Å²) in [6, 6.07) is 0. The molecule has 0 bridgehead atoms. The number of carbonyl (C=O) groups excluding carboxylic acids is 1. The third-order valence-electron chi connectivity index (χ3n) is 12.1. The zero-order valence-corrected chi connectivity index (χ0v) is 21.5. The Hall–Kier alpha value is -1.09. The zero-order chi connectivity index (χ0) is 25.3. The van der Waals surface area contributed by atoms with E-state index in [1.807, 2.05) is 20.8 Å². The second-order valence-corrected chi connectivity index (χ2v) is 13.0. The van der Waals surface area contributed by atoms with E-state index in [1.165, 1.54) is 6.08 Å².